The Balaban J connectivity index is 3.60. The fraction of sp³-hybridized carbons (Fsp3) is 0. The van der Waals surface area contributed by atoms with Crippen molar-refractivity contribution in [3.05, 3.63) is 24.0 Å². The molecule has 0 heterocycles. The number of benzene rings is 1. The van der Waals surface area contributed by atoms with Crippen LogP contribution in [-0.2, 0) is 14.8 Å². The van der Waals surface area contributed by atoms with Crippen molar-refractivity contribution in [2.24, 2.45) is 10.1 Å². The quantitative estimate of drug-likeness (QED) is 0.574. The van der Waals surface area contributed by atoms with E-state index in [1.165, 1.54) is 0 Å². The number of para-hydroxylation sites is 1. The lowest BCUT2D eigenvalue weighted by Crippen LogP contribution is -2.12. The molecule has 0 spiro atoms. The normalized spacial score (nSPS) is 10.7. The predicted molar refractivity (Wildman–Crippen MR) is 45.6 cm³/mol. The highest BCUT2D eigenvalue weighted by Gasteiger charge is 2.16. The lowest BCUT2D eigenvalue weighted by molar-refractivity contribution is 0.564. The smallest absolute Gasteiger partial charge is 0.225 e. The maximum atomic E-state index is 13.0. The van der Waals surface area contributed by atoms with Gasteiger partial charge in [0, 0.05) is 0 Å². The van der Waals surface area contributed by atoms with Gasteiger partial charge in [0.2, 0.25) is 16.1 Å². The van der Waals surface area contributed by atoms with Gasteiger partial charge in [-0.25, -0.2) is 22.7 Å². The summed E-state index contributed by atoms with van der Waals surface area (Å²) >= 11 is 0. The van der Waals surface area contributed by atoms with Crippen molar-refractivity contribution in [2.75, 3.05) is 0 Å². The van der Waals surface area contributed by atoms with Crippen LogP contribution in [0, 0.1) is 5.82 Å². The van der Waals surface area contributed by atoms with Crippen LogP contribution in [0.15, 0.2) is 28.1 Å². The summed E-state index contributed by atoms with van der Waals surface area (Å²) in [5.74, 6) is -0.945. The number of primary sulfonamides is 1. The highest BCUT2D eigenvalue weighted by atomic mass is 32.2. The van der Waals surface area contributed by atoms with Crippen LogP contribution in [0.2, 0.25) is 0 Å². The van der Waals surface area contributed by atoms with Gasteiger partial charge >= 0.3 is 0 Å². The minimum Gasteiger partial charge on any atom is -0.225 e. The molecule has 0 radical (unpaired) electrons. The van der Waals surface area contributed by atoms with E-state index >= 15 is 0 Å². The van der Waals surface area contributed by atoms with Crippen molar-refractivity contribution in [2.45, 2.75) is 4.90 Å². The van der Waals surface area contributed by atoms with Crippen molar-refractivity contribution in [1.29, 1.82) is 0 Å². The molecular formula is C7H5FN2O3S. The zero-order valence-electron chi connectivity index (χ0n) is 6.77. The van der Waals surface area contributed by atoms with Crippen LogP contribution < -0.4 is 5.14 Å². The molecule has 5 nitrogen and oxygen atoms in total. The molecule has 0 aliphatic carbocycles. The largest absolute Gasteiger partial charge is 0.240 e. The van der Waals surface area contributed by atoms with E-state index in [2.05, 4.69) is 4.99 Å². The van der Waals surface area contributed by atoms with Gasteiger partial charge in [-0.2, -0.15) is 4.99 Å². The fourth-order valence-electron chi connectivity index (χ4n) is 0.879. The van der Waals surface area contributed by atoms with Gasteiger partial charge in [-0.1, -0.05) is 6.07 Å². The third kappa shape index (κ3) is 2.02. The van der Waals surface area contributed by atoms with E-state index in [0.717, 1.165) is 24.3 Å². The second-order valence-corrected chi connectivity index (χ2v) is 3.86. The van der Waals surface area contributed by atoms with Gasteiger partial charge in [0.1, 0.15) is 10.6 Å². The monoisotopic (exact) mass is 216 g/mol. The van der Waals surface area contributed by atoms with Crippen LogP contribution in [0.1, 0.15) is 0 Å². The average molecular weight is 216 g/mol. The first-order valence-corrected chi connectivity index (χ1v) is 4.90. The van der Waals surface area contributed by atoms with Crippen molar-refractivity contribution >= 4 is 21.8 Å². The van der Waals surface area contributed by atoms with E-state index in [4.69, 9.17) is 5.14 Å². The lowest BCUT2D eigenvalue weighted by atomic mass is 10.3. The number of nitrogens with two attached hydrogens (primary N) is 1. The zero-order chi connectivity index (χ0) is 10.8. The van der Waals surface area contributed by atoms with Crippen molar-refractivity contribution in [1.82, 2.24) is 0 Å². The van der Waals surface area contributed by atoms with Crippen LogP contribution >= 0.6 is 0 Å². The maximum Gasteiger partial charge on any atom is 0.240 e. The van der Waals surface area contributed by atoms with E-state index in [9.17, 15) is 17.6 Å². The topological polar surface area (TPSA) is 89.6 Å². The molecule has 0 unspecified atom stereocenters. The number of aliphatic imine (C=N–C) groups is 1. The summed E-state index contributed by atoms with van der Waals surface area (Å²) in [6.07, 6.45) is 1.05. The van der Waals surface area contributed by atoms with Gasteiger partial charge in [-0.05, 0) is 12.1 Å². The van der Waals surface area contributed by atoms with Crippen molar-refractivity contribution in [3.63, 3.8) is 0 Å². The van der Waals surface area contributed by atoms with E-state index in [0.29, 0.717) is 0 Å². The molecule has 14 heavy (non-hydrogen) atoms. The summed E-state index contributed by atoms with van der Waals surface area (Å²) in [6, 6.07) is 3.17. The predicted octanol–water partition coefficient (Wildman–Crippen LogP) is 0.440. The Hall–Kier alpha value is -1.56. The first kappa shape index (κ1) is 10.5. The summed E-state index contributed by atoms with van der Waals surface area (Å²) in [7, 11) is -4.09. The molecule has 0 aliphatic heterocycles. The number of halogens is 1. The molecule has 7 heteroatoms. The Labute approximate surface area is 79.1 Å². The van der Waals surface area contributed by atoms with Gasteiger partial charge in [-0.15, -0.1) is 0 Å². The Morgan fingerprint density at radius 2 is 2.07 bits per heavy atom. The minimum absolute atomic E-state index is 0.541. The SMILES string of the molecule is NS(=O)(=O)c1cccc(F)c1N=C=O. The van der Waals surface area contributed by atoms with Crippen LogP contribution in [0.3, 0.4) is 0 Å². The van der Waals surface area contributed by atoms with Gasteiger partial charge in [0.25, 0.3) is 0 Å². The van der Waals surface area contributed by atoms with Gasteiger partial charge in [0.05, 0.1) is 0 Å². The summed E-state index contributed by atoms with van der Waals surface area (Å²) in [6.45, 7) is 0. The summed E-state index contributed by atoms with van der Waals surface area (Å²) in [5, 5.41) is 4.77. The number of hydrogen-bond acceptors (Lipinski definition) is 4. The summed E-state index contributed by atoms with van der Waals surface area (Å²) in [4.78, 5) is 12.3. The molecule has 0 bridgehead atoms. The van der Waals surface area contributed by atoms with E-state index in [-0.39, 0.29) is 0 Å². The molecule has 0 amide bonds. The summed E-state index contributed by atoms with van der Waals surface area (Å²) < 4.78 is 34.8. The summed E-state index contributed by atoms with van der Waals surface area (Å²) in [5.41, 5.74) is -0.620. The third-order valence-corrected chi connectivity index (χ3v) is 2.36. The van der Waals surface area contributed by atoms with E-state index in [1.807, 2.05) is 0 Å². The lowest BCUT2D eigenvalue weighted by Gasteiger charge is -2.01. The molecule has 2 N–H and O–H groups in total. The van der Waals surface area contributed by atoms with Crippen LogP contribution in [0.25, 0.3) is 0 Å². The molecule has 0 aliphatic rings. The number of sulfonamides is 1. The van der Waals surface area contributed by atoms with Crippen LogP contribution in [-0.4, -0.2) is 14.5 Å². The number of rotatable bonds is 2. The van der Waals surface area contributed by atoms with Crippen LogP contribution in [0.4, 0.5) is 10.1 Å². The molecule has 0 aromatic heterocycles. The van der Waals surface area contributed by atoms with E-state index < -0.39 is 26.4 Å². The fourth-order valence-corrected chi connectivity index (χ4v) is 1.56. The van der Waals surface area contributed by atoms with Crippen molar-refractivity contribution in [3.8, 4) is 0 Å². The third-order valence-electron chi connectivity index (χ3n) is 1.41. The molecule has 0 atom stereocenters. The minimum atomic E-state index is -4.09. The molecule has 0 fully saturated rings. The Morgan fingerprint density at radius 1 is 1.43 bits per heavy atom. The van der Waals surface area contributed by atoms with Gasteiger partial charge in [0.15, 0.2) is 5.82 Å². The first-order valence-electron chi connectivity index (χ1n) is 3.36. The van der Waals surface area contributed by atoms with Gasteiger partial charge < -0.3 is 0 Å². The Bertz CT molecular complexity index is 506. The standard InChI is InChI=1S/C7H5FN2O3S/c8-5-2-1-3-6(14(9,12)13)7(5)10-4-11/h1-3H,(H2,9,12,13). The first-order chi connectivity index (χ1) is 6.46. The highest BCUT2D eigenvalue weighted by molar-refractivity contribution is 7.89. The Kier molecular flexibility index (Phi) is 2.76. The van der Waals surface area contributed by atoms with Gasteiger partial charge in [-0.3, -0.25) is 0 Å². The number of carbonyl (C=O) groups excluding carboxylic acids is 1. The second kappa shape index (κ2) is 3.67. The molecule has 1 aromatic rings. The molecule has 1 aromatic carbocycles. The van der Waals surface area contributed by atoms with Crippen molar-refractivity contribution < 1.29 is 17.6 Å². The molecular weight excluding hydrogens is 211 g/mol. The highest BCUT2D eigenvalue weighted by Crippen LogP contribution is 2.25. The number of isocyanates is 1. The number of nitrogens with zero attached hydrogens (tertiary/aromatic N) is 1. The molecule has 74 valence electrons. The molecule has 0 saturated carbocycles. The molecule has 0 saturated heterocycles. The zero-order valence-corrected chi connectivity index (χ0v) is 7.58. The average Bonchev–Trinajstić information content (AvgIpc) is 2.07. The Morgan fingerprint density at radius 3 is 2.57 bits per heavy atom. The second-order valence-electron chi connectivity index (χ2n) is 2.33. The number of hydrogen-bond donors (Lipinski definition) is 1. The van der Waals surface area contributed by atoms with E-state index in [1.54, 1.807) is 0 Å². The molecule has 1 rings (SSSR count). The van der Waals surface area contributed by atoms with Crippen LogP contribution in [0.5, 0.6) is 0 Å². The maximum absolute atomic E-state index is 13.0.